The van der Waals surface area contributed by atoms with E-state index in [4.69, 9.17) is 5.73 Å². The minimum atomic E-state index is -1.10. The third kappa shape index (κ3) is 5.33. The molecule has 1 rings (SSSR count). The molecule has 1 aromatic carbocycles. The van der Waals surface area contributed by atoms with Crippen LogP contribution in [-0.2, 0) is 4.79 Å². The van der Waals surface area contributed by atoms with E-state index in [1.165, 1.54) is 6.42 Å². The summed E-state index contributed by atoms with van der Waals surface area (Å²) in [4.78, 5) is 11.3. The van der Waals surface area contributed by atoms with E-state index in [1.807, 2.05) is 0 Å². The number of benzene rings is 1. The zero-order chi connectivity index (χ0) is 15.8. The molecule has 0 saturated heterocycles. The van der Waals surface area contributed by atoms with Gasteiger partial charge in [-0.05, 0) is 18.1 Å². The van der Waals surface area contributed by atoms with Gasteiger partial charge in [0.1, 0.15) is 11.6 Å². The first-order chi connectivity index (χ1) is 9.97. The van der Waals surface area contributed by atoms with Crippen molar-refractivity contribution in [3.63, 3.8) is 0 Å². The molecule has 0 amide bonds. The summed E-state index contributed by atoms with van der Waals surface area (Å²) in [7, 11) is 0. The van der Waals surface area contributed by atoms with Gasteiger partial charge in [0.25, 0.3) is 0 Å². The molecule has 21 heavy (non-hydrogen) atoms. The number of carboxylic acid groups (broad SMARTS) is 1. The molecule has 0 radical (unpaired) electrons. The van der Waals surface area contributed by atoms with E-state index in [1.54, 1.807) is 0 Å². The van der Waals surface area contributed by atoms with Crippen molar-refractivity contribution in [3.05, 3.63) is 29.3 Å². The van der Waals surface area contributed by atoms with Crippen LogP contribution in [0, 0.1) is 11.6 Å². The molecular formula is C16H23F2NO2. The SMILES string of the molecule is CCCCCCCCC(C(=O)O)c1cc(F)cc(F)c1N. The molecule has 5 heteroatoms. The summed E-state index contributed by atoms with van der Waals surface area (Å²) < 4.78 is 26.7. The van der Waals surface area contributed by atoms with Gasteiger partial charge in [-0.25, -0.2) is 8.78 Å². The molecule has 0 aliphatic rings. The smallest absolute Gasteiger partial charge is 0.311 e. The van der Waals surface area contributed by atoms with E-state index in [0.717, 1.165) is 31.7 Å². The fourth-order valence-corrected chi connectivity index (χ4v) is 2.43. The molecule has 0 bridgehead atoms. The lowest BCUT2D eigenvalue weighted by molar-refractivity contribution is -0.139. The van der Waals surface area contributed by atoms with Crippen molar-refractivity contribution >= 4 is 11.7 Å². The van der Waals surface area contributed by atoms with Crippen LogP contribution in [0.1, 0.15) is 63.4 Å². The Labute approximate surface area is 124 Å². The van der Waals surface area contributed by atoms with Crippen molar-refractivity contribution in [2.24, 2.45) is 0 Å². The van der Waals surface area contributed by atoms with Gasteiger partial charge in [0.05, 0.1) is 11.6 Å². The number of rotatable bonds is 9. The summed E-state index contributed by atoms with van der Waals surface area (Å²) in [5.74, 6) is -3.76. The van der Waals surface area contributed by atoms with Crippen molar-refractivity contribution in [2.45, 2.75) is 57.8 Å². The van der Waals surface area contributed by atoms with Crippen molar-refractivity contribution < 1.29 is 18.7 Å². The Morgan fingerprint density at radius 3 is 2.43 bits per heavy atom. The van der Waals surface area contributed by atoms with Crippen LogP contribution in [0.5, 0.6) is 0 Å². The number of anilines is 1. The standard InChI is InChI=1S/C16H23F2NO2/c1-2-3-4-5-6-7-8-12(16(20)21)13-9-11(17)10-14(18)15(13)19/h9-10,12H,2-8,19H2,1H3,(H,20,21). The molecule has 118 valence electrons. The van der Waals surface area contributed by atoms with Gasteiger partial charge in [-0.3, -0.25) is 4.79 Å². The van der Waals surface area contributed by atoms with Crippen LogP contribution in [0.2, 0.25) is 0 Å². The lowest BCUT2D eigenvalue weighted by Gasteiger charge is -2.15. The summed E-state index contributed by atoms with van der Waals surface area (Å²) in [5.41, 5.74) is 5.32. The molecule has 1 aromatic rings. The molecule has 0 spiro atoms. The maximum Gasteiger partial charge on any atom is 0.311 e. The molecule has 3 N–H and O–H groups in total. The van der Waals surface area contributed by atoms with Gasteiger partial charge < -0.3 is 10.8 Å². The van der Waals surface area contributed by atoms with Gasteiger partial charge in [0.15, 0.2) is 0 Å². The third-order valence-electron chi connectivity index (χ3n) is 3.65. The number of aliphatic carboxylic acids is 1. The van der Waals surface area contributed by atoms with E-state index in [0.29, 0.717) is 18.9 Å². The summed E-state index contributed by atoms with van der Waals surface area (Å²) in [5, 5.41) is 9.27. The molecule has 0 aromatic heterocycles. The molecule has 0 saturated carbocycles. The minimum absolute atomic E-state index is 0.0357. The lowest BCUT2D eigenvalue weighted by atomic mass is 9.91. The van der Waals surface area contributed by atoms with Crippen LogP contribution in [0.3, 0.4) is 0 Å². The van der Waals surface area contributed by atoms with Crippen LogP contribution < -0.4 is 5.73 Å². The van der Waals surface area contributed by atoms with E-state index in [2.05, 4.69) is 6.92 Å². The van der Waals surface area contributed by atoms with Gasteiger partial charge in [-0.1, -0.05) is 45.4 Å². The average Bonchev–Trinajstić information content (AvgIpc) is 2.42. The molecule has 0 heterocycles. The van der Waals surface area contributed by atoms with Crippen LogP contribution >= 0.6 is 0 Å². The van der Waals surface area contributed by atoms with Crippen molar-refractivity contribution in [1.29, 1.82) is 0 Å². The third-order valence-corrected chi connectivity index (χ3v) is 3.65. The van der Waals surface area contributed by atoms with Crippen LogP contribution in [-0.4, -0.2) is 11.1 Å². The van der Waals surface area contributed by atoms with Crippen LogP contribution in [0.25, 0.3) is 0 Å². The number of unbranched alkanes of at least 4 members (excludes halogenated alkanes) is 5. The first-order valence-electron chi connectivity index (χ1n) is 7.44. The van der Waals surface area contributed by atoms with Gasteiger partial charge in [0, 0.05) is 6.07 Å². The minimum Gasteiger partial charge on any atom is -0.481 e. The second kappa shape index (κ2) is 8.60. The Kier molecular flexibility index (Phi) is 7.12. The van der Waals surface area contributed by atoms with Crippen molar-refractivity contribution in [1.82, 2.24) is 0 Å². The van der Waals surface area contributed by atoms with Crippen molar-refractivity contribution in [2.75, 3.05) is 5.73 Å². The molecule has 3 nitrogen and oxygen atoms in total. The van der Waals surface area contributed by atoms with Gasteiger partial charge in [-0.2, -0.15) is 0 Å². The highest BCUT2D eigenvalue weighted by Gasteiger charge is 2.24. The number of hydrogen-bond acceptors (Lipinski definition) is 2. The normalized spacial score (nSPS) is 12.3. The Balaban J connectivity index is 2.68. The summed E-state index contributed by atoms with van der Waals surface area (Å²) >= 11 is 0. The topological polar surface area (TPSA) is 63.3 Å². The predicted molar refractivity (Wildman–Crippen MR) is 79.1 cm³/mol. The first-order valence-corrected chi connectivity index (χ1v) is 7.44. The maximum absolute atomic E-state index is 13.4. The van der Waals surface area contributed by atoms with E-state index < -0.39 is 23.5 Å². The number of carboxylic acids is 1. The molecule has 0 fully saturated rings. The van der Waals surface area contributed by atoms with Crippen molar-refractivity contribution in [3.8, 4) is 0 Å². The van der Waals surface area contributed by atoms with Crippen LogP contribution in [0.15, 0.2) is 12.1 Å². The fraction of sp³-hybridized carbons (Fsp3) is 0.562. The predicted octanol–water partition coefficient (Wildman–Crippen LogP) is 4.47. The summed E-state index contributed by atoms with van der Waals surface area (Å²) in [6, 6.07) is 1.69. The van der Waals surface area contributed by atoms with Gasteiger partial charge >= 0.3 is 5.97 Å². The second-order valence-corrected chi connectivity index (χ2v) is 5.34. The zero-order valence-corrected chi connectivity index (χ0v) is 12.4. The molecule has 0 aliphatic carbocycles. The Hall–Kier alpha value is -1.65. The number of hydrogen-bond donors (Lipinski definition) is 2. The number of nitrogen functional groups attached to an aromatic ring is 1. The Morgan fingerprint density at radius 2 is 1.81 bits per heavy atom. The molecule has 1 unspecified atom stereocenters. The van der Waals surface area contributed by atoms with Crippen LogP contribution in [0.4, 0.5) is 14.5 Å². The Bertz CT molecular complexity index is 478. The Morgan fingerprint density at radius 1 is 1.19 bits per heavy atom. The monoisotopic (exact) mass is 299 g/mol. The maximum atomic E-state index is 13.4. The zero-order valence-electron chi connectivity index (χ0n) is 12.4. The summed E-state index contributed by atoms with van der Waals surface area (Å²) in [6.45, 7) is 2.13. The van der Waals surface area contributed by atoms with Gasteiger partial charge in [0.2, 0.25) is 0 Å². The highest BCUT2D eigenvalue weighted by molar-refractivity contribution is 5.78. The quantitative estimate of drug-likeness (QED) is 0.522. The summed E-state index contributed by atoms with van der Waals surface area (Å²) in [6.07, 6.45) is 6.47. The molecular weight excluding hydrogens is 276 g/mol. The lowest BCUT2D eigenvalue weighted by Crippen LogP contribution is -2.15. The molecule has 0 aliphatic heterocycles. The fourth-order valence-electron chi connectivity index (χ4n) is 2.43. The highest BCUT2D eigenvalue weighted by atomic mass is 19.1. The number of halogens is 2. The van der Waals surface area contributed by atoms with E-state index >= 15 is 0 Å². The first kappa shape index (κ1) is 17.4. The number of nitrogens with two attached hydrogens (primary N) is 1. The van der Waals surface area contributed by atoms with Gasteiger partial charge in [-0.15, -0.1) is 0 Å². The van der Waals surface area contributed by atoms with E-state index in [9.17, 15) is 18.7 Å². The average molecular weight is 299 g/mol. The number of carbonyl (C=O) groups is 1. The molecule has 1 atom stereocenters. The van der Waals surface area contributed by atoms with E-state index in [-0.39, 0.29) is 11.3 Å². The second-order valence-electron chi connectivity index (χ2n) is 5.34. The largest absolute Gasteiger partial charge is 0.481 e. The highest BCUT2D eigenvalue weighted by Crippen LogP contribution is 2.30.